The summed E-state index contributed by atoms with van der Waals surface area (Å²) in [5.74, 6) is -2.51. The number of rotatable bonds is 3. The monoisotopic (exact) mass is 734 g/mol. The summed E-state index contributed by atoms with van der Waals surface area (Å²) in [6, 6.07) is 6.27. The number of fused-ring (bicyclic) bond motifs is 4. The Labute approximate surface area is 302 Å². The van der Waals surface area contributed by atoms with Crippen LogP contribution in [0.1, 0.15) is 94.0 Å². The highest BCUT2D eigenvalue weighted by molar-refractivity contribution is 7.91. The van der Waals surface area contributed by atoms with E-state index < -0.39 is 68.5 Å². The van der Waals surface area contributed by atoms with E-state index in [2.05, 4.69) is 25.7 Å². The summed E-state index contributed by atoms with van der Waals surface area (Å²) in [7, 11) is -3.89. The van der Waals surface area contributed by atoms with Crippen LogP contribution in [0, 0.1) is 5.92 Å². The van der Waals surface area contributed by atoms with Crippen LogP contribution in [-0.2, 0) is 29.2 Å². The normalized spacial score (nSPS) is 29.3. The van der Waals surface area contributed by atoms with E-state index in [9.17, 15) is 32.4 Å². The first kappa shape index (κ1) is 35.9. The van der Waals surface area contributed by atoms with Gasteiger partial charge >= 0.3 is 0 Å². The molecule has 278 valence electrons. The van der Waals surface area contributed by atoms with Crippen LogP contribution in [0.2, 0.25) is 0 Å². The number of para-hydroxylation sites is 1. The van der Waals surface area contributed by atoms with Crippen LogP contribution in [0.25, 0.3) is 10.9 Å². The fraction of sp³-hybridized carbons (Fsp3) is 0.568. The molecule has 14 nitrogen and oxygen atoms in total. The highest BCUT2D eigenvalue weighted by atomic mass is 32.2. The third-order valence-corrected chi connectivity index (χ3v) is 12.6. The third kappa shape index (κ3) is 7.79. The molecule has 0 spiro atoms. The van der Waals surface area contributed by atoms with Gasteiger partial charge in [-0.05, 0) is 76.3 Å². The van der Waals surface area contributed by atoms with Crippen molar-refractivity contribution in [2.75, 3.05) is 13.2 Å². The Kier molecular flexibility index (Phi) is 10.2. The van der Waals surface area contributed by atoms with Gasteiger partial charge in [-0.1, -0.05) is 43.2 Å². The van der Waals surface area contributed by atoms with Gasteiger partial charge in [-0.25, -0.2) is 13.4 Å². The van der Waals surface area contributed by atoms with Crippen molar-refractivity contribution in [3.05, 3.63) is 48.2 Å². The van der Waals surface area contributed by atoms with Gasteiger partial charge in [0.15, 0.2) is 0 Å². The van der Waals surface area contributed by atoms with Crippen LogP contribution in [0.3, 0.4) is 0 Å². The van der Waals surface area contributed by atoms with Crippen LogP contribution in [-0.4, -0.2) is 89.9 Å². The lowest BCUT2D eigenvalue weighted by Gasteiger charge is -2.30. The van der Waals surface area contributed by atoms with E-state index in [0.29, 0.717) is 62.8 Å². The molecular weight excluding hydrogens is 689 g/mol. The first-order valence-electron chi connectivity index (χ1n) is 18.5. The first-order chi connectivity index (χ1) is 25.0. The Hall–Kier alpha value is -4.53. The lowest BCUT2D eigenvalue weighted by Crippen LogP contribution is -2.58. The molecule has 0 unspecified atom stereocenters. The molecule has 2 aliphatic carbocycles. The predicted molar refractivity (Wildman–Crippen MR) is 190 cm³/mol. The molecule has 5 bridgehead atoms. The molecule has 2 aromatic rings. The van der Waals surface area contributed by atoms with Crippen molar-refractivity contribution in [3.8, 4) is 5.75 Å². The summed E-state index contributed by atoms with van der Waals surface area (Å²) in [5, 5.41) is 8.91. The summed E-state index contributed by atoms with van der Waals surface area (Å²) in [4.78, 5) is 75.1. The zero-order valence-corrected chi connectivity index (χ0v) is 29.9. The minimum atomic E-state index is -3.89. The number of allylic oxidation sites excluding steroid dienone is 1. The van der Waals surface area contributed by atoms with Gasteiger partial charge in [0.25, 0.3) is 11.8 Å². The van der Waals surface area contributed by atoms with Gasteiger partial charge < -0.3 is 25.6 Å². The van der Waals surface area contributed by atoms with Gasteiger partial charge in [-0.15, -0.1) is 0 Å². The molecule has 7 rings (SSSR count). The van der Waals surface area contributed by atoms with E-state index in [1.807, 2.05) is 24.3 Å². The predicted octanol–water partition coefficient (Wildman–Crippen LogP) is 2.38. The zero-order chi connectivity index (χ0) is 36.5. The molecule has 5 aliphatic rings. The molecule has 52 heavy (non-hydrogen) atoms. The maximum absolute atomic E-state index is 14.4. The number of benzene rings is 1. The molecule has 0 radical (unpaired) electrons. The molecule has 3 fully saturated rings. The molecule has 4 heterocycles. The van der Waals surface area contributed by atoms with Crippen LogP contribution in [0.4, 0.5) is 0 Å². The van der Waals surface area contributed by atoms with Gasteiger partial charge in [0.1, 0.15) is 34.6 Å². The average Bonchev–Trinajstić information content (AvgIpc) is 4.04. The second-order valence-corrected chi connectivity index (χ2v) is 16.7. The number of carbonyl (C=O) groups excluding carboxylic acids is 5. The molecule has 5 atom stereocenters. The number of ether oxygens (including phenoxy) is 1. The summed E-state index contributed by atoms with van der Waals surface area (Å²) in [6.45, 7) is 0.394. The Morgan fingerprint density at radius 3 is 2.62 bits per heavy atom. The quantitative estimate of drug-likeness (QED) is 0.343. The number of pyridine rings is 1. The minimum Gasteiger partial charge on any atom is -0.491 e. The minimum absolute atomic E-state index is 0.0183. The first-order valence-corrected chi connectivity index (χ1v) is 20.1. The fourth-order valence-electron chi connectivity index (χ4n) is 7.54. The Morgan fingerprint density at radius 2 is 1.79 bits per heavy atom. The maximum atomic E-state index is 14.4. The Balaban J connectivity index is 1.20. The number of hydrogen-bond donors (Lipinski definition) is 4. The lowest BCUT2D eigenvalue weighted by atomic mass is 10.0. The molecular formula is C37H46N6O8S. The maximum Gasteiger partial charge on any atom is 0.270 e. The Morgan fingerprint density at radius 1 is 0.962 bits per heavy atom. The van der Waals surface area contributed by atoms with Crippen molar-refractivity contribution in [3.63, 3.8) is 0 Å². The van der Waals surface area contributed by atoms with Crippen molar-refractivity contribution in [1.82, 2.24) is 30.6 Å². The average molecular weight is 735 g/mol. The van der Waals surface area contributed by atoms with Gasteiger partial charge in [0, 0.05) is 30.3 Å². The molecule has 3 aliphatic heterocycles. The van der Waals surface area contributed by atoms with Gasteiger partial charge in [0.2, 0.25) is 27.7 Å². The number of nitrogens with one attached hydrogen (secondary N) is 4. The smallest absolute Gasteiger partial charge is 0.270 e. The summed E-state index contributed by atoms with van der Waals surface area (Å²) >= 11 is 0. The largest absolute Gasteiger partial charge is 0.491 e. The Bertz CT molecular complexity index is 1900. The van der Waals surface area contributed by atoms with E-state index in [0.717, 1.165) is 24.6 Å². The van der Waals surface area contributed by atoms with Gasteiger partial charge in [-0.2, -0.15) is 0 Å². The highest BCUT2D eigenvalue weighted by Crippen LogP contribution is 2.46. The van der Waals surface area contributed by atoms with Crippen LogP contribution in [0.5, 0.6) is 5.75 Å². The molecule has 4 N–H and O–H groups in total. The number of sulfonamides is 1. The summed E-state index contributed by atoms with van der Waals surface area (Å²) in [6.07, 6.45) is 10.6. The summed E-state index contributed by atoms with van der Waals surface area (Å²) in [5.41, 5.74) is -0.824. The molecule has 15 heteroatoms. The van der Waals surface area contributed by atoms with Crippen molar-refractivity contribution in [1.29, 1.82) is 0 Å². The van der Waals surface area contributed by atoms with E-state index >= 15 is 0 Å². The molecule has 1 aromatic heterocycles. The zero-order valence-electron chi connectivity index (χ0n) is 29.1. The standard InChI is InChI=1S/C37H46N6O8S/c44-31-14-7-4-8-19-51-30-13-9-10-23-15-18-27(40-32(23)30)33(45)38-25-20-29-34(46)41-37(36(48)42-52(49,50)26-16-17-26)21-24(37)11-5-2-1-3-6-12-28(39-31)35(47)43(29)22-25/h5,9-11,13,15,18,24-26,28-29H,1-4,6-8,12,14,16-17,19-22H2,(H,38,45)(H,39,44)(H,41,46)(H,42,48)/t24-,25-,28+,29+,37-/m1/s1. The van der Waals surface area contributed by atoms with Crippen molar-refractivity contribution in [2.45, 2.75) is 112 Å². The van der Waals surface area contributed by atoms with Crippen molar-refractivity contribution >= 4 is 50.5 Å². The second kappa shape index (κ2) is 14.8. The SMILES string of the molecule is O=C1CCCCCOc2cccc3ccc(nc23)C(=O)N[C@@H]2C[C@H]3C(=O)N[C@]4(C(=O)NS(=O)(=O)C5CC5)C[C@H]4C=CCCCCC[C@H](N1)C(=O)N3C2. The van der Waals surface area contributed by atoms with Crippen molar-refractivity contribution in [2.24, 2.45) is 5.92 Å². The number of hydrogen-bond acceptors (Lipinski definition) is 9. The molecule has 1 saturated heterocycles. The van der Waals surface area contributed by atoms with Gasteiger partial charge in [-0.3, -0.25) is 28.7 Å². The van der Waals surface area contributed by atoms with E-state index in [4.69, 9.17) is 4.74 Å². The van der Waals surface area contributed by atoms with E-state index in [1.165, 1.54) is 4.90 Å². The molecule has 1 aromatic carbocycles. The van der Waals surface area contributed by atoms with Crippen molar-refractivity contribution < 1.29 is 37.1 Å². The topological polar surface area (TPSA) is 193 Å². The van der Waals surface area contributed by atoms with Crippen LogP contribution < -0.4 is 25.4 Å². The number of aromatic nitrogens is 1. The second-order valence-electron chi connectivity index (χ2n) is 14.7. The molecule has 2 saturated carbocycles. The number of carbonyl (C=O) groups is 5. The van der Waals surface area contributed by atoms with E-state index in [-0.39, 0.29) is 37.4 Å². The van der Waals surface area contributed by atoms with E-state index in [1.54, 1.807) is 18.2 Å². The van der Waals surface area contributed by atoms with Crippen LogP contribution in [0.15, 0.2) is 42.5 Å². The van der Waals surface area contributed by atoms with Gasteiger partial charge in [0.05, 0.1) is 11.9 Å². The number of amides is 5. The number of nitrogens with zero attached hydrogens (tertiary/aromatic N) is 2. The lowest BCUT2D eigenvalue weighted by molar-refractivity contribution is -0.142. The highest BCUT2D eigenvalue weighted by Gasteiger charge is 2.62. The fourth-order valence-corrected chi connectivity index (χ4v) is 8.90. The third-order valence-electron chi connectivity index (χ3n) is 10.8. The van der Waals surface area contributed by atoms with Crippen LogP contribution >= 0.6 is 0 Å². The summed E-state index contributed by atoms with van der Waals surface area (Å²) < 4.78 is 33.8. The molecule has 5 amide bonds.